The van der Waals surface area contributed by atoms with Crippen molar-refractivity contribution in [2.24, 2.45) is 0 Å². The van der Waals surface area contributed by atoms with Crippen molar-refractivity contribution in [1.82, 2.24) is 10.2 Å². The summed E-state index contributed by atoms with van der Waals surface area (Å²) in [6.45, 7) is 1.52. The highest BCUT2D eigenvalue weighted by Gasteiger charge is 2.20. The summed E-state index contributed by atoms with van der Waals surface area (Å²) in [6, 6.07) is 6.38. The van der Waals surface area contributed by atoms with E-state index in [1.54, 1.807) is 12.1 Å². The predicted molar refractivity (Wildman–Crippen MR) is 66.8 cm³/mol. The van der Waals surface area contributed by atoms with Crippen molar-refractivity contribution in [1.29, 1.82) is 0 Å². The number of benzene rings is 1. The number of hydrogen-bond donors (Lipinski definition) is 2. The molecule has 0 amide bonds. The highest BCUT2D eigenvalue weighted by molar-refractivity contribution is 9.10. The zero-order chi connectivity index (χ0) is 12.3. The number of sulfonamides is 1. The maximum absolute atomic E-state index is 11.8. The first-order valence-corrected chi connectivity index (χ1v) is 7.49. The number of nitrogens with one attached hydrogen (secondary N) is 2. The first kappa shape index (κ1) is 13.0. The molecule has 1 heterocycles. The fraction of sp³-hybridized carbons (Fsp3) is 0.400. The molecule has 0 bridgehead atoms. The van der Waals surface area contributed by atoms with Gasteiger partial charge in [0.2, 0.25) is 0 Å². The van der Waals surface area contributed by atoms with Crippen molar-refractivity contribution in [3.05, 3.63) is 28.7 Å². The molecule has 5 nitrogen and oxygen atoms in total. The Morgan fingerprint density at radius 3 is 2.65 bits per heavy atom. The average Bonchev–Trinajstić information content (AvgIpc) is 2.80. The van der Waals surface area contributed by atoms with Gasteiger partial charge in [0.25, 0.3) is 10.0 Å². The molecule has 2 rings (SSSR count). The summed E-state index contributed by atoms with van der Waals surface area (Å²) in [5.74, 6) is 0. The van der Waals surface area contributed by atoms with Crippen LogP contribution in [0.1, 0.15) is 6.42 Å². The van der Waals surface area contributed by atoms with Gasteiger partial charge in [0, 0.05) is 11.0 Å². The summed E-state index contributed by atoms with van der Waals surface area (Å²) in [4.78, 5) is 7.48. The van der Waals surface area contributed by atoms with Crippen molar-refractivity contribution in [3.63, 3.8) is 0 Å². The normalized spacial score (nSPS) is 20.6. The molecule has 17 heavy (non-hydrogen) atoms. The number of rotatable bonds is 4. The number of hydrogen-bond acceptors (Lipinski definition) is 4. The lowest BCUT2D eigenvalue weighted by molar-refractivity contribution is 0.0303. The van der Waals surface area contributed by atoms with Gasteiger partial charge >= 0.3 is 0 Å². The third-order valence-corrected chi connectivity index (χ3v) is 4.20. The standard InChI is InChI=1S/C10H13BrN2O3S/c11-8-1-3-10(4-2-8)17(14,15)13-16-9-5-6-12-7-9/h1-4,9,12-13H,5-7H2. The fourth-order valence-electron chi connectivity index (χ4n) is 1.52. The van der Waals surface area contributed by atoms with E-state index < -0.39 is 10.0 Å². The largest absolute Gasteiger partial charge is 0.314 e. The minimum atomic E-state index is -3.59. The minimum absolute atomic E-state index is 0.0970. The third kappa shape index (κ3) is 3.49. The second-order valence-corrected chi connectivity index (χ2v) is 6.33. The summed E-state index contributed by atoms with van der Waals surface area (Å²) < 4.78 is 24.5. The fourth-order valence-corrected chi connectivity index (χ4v) is 2.64. The van der Waals surface area contributed by atoms with Gasteiger partial charge in [-0.25, -0.2) is 8.42 Å². The average molecular weight is 321 g/mol. The molecule has 7 heteroatoms. The van der Waals surface area contributed by atoms with E-state index in [0.717, 1.165) is 17.4 Å². The van der Waals surface area contributed by atoms with Crippen molar-refractivity contribution in [2.45, 2.75) is 17.4 Å². The Bertz CT molecular complexity index is 469. The van der Waals surface area contributed by atoms with Crippen LogP contribution in [0, 0.1) is 0 Å². The molecular formula is C10H13BrN2O3S. The Morgan fingerprint density at radius 2 is 2.06 bits per heavy atom. The van der Waals surface area contributed by atoms with Crippen LogP contribution < -0.4 is 10.2 Å². The van der Waals surface area contributed by atoms with Crippen molar-refractivity contribution in [3.8, 4) is 0 Å². The molecule has 1 saturated heterocycles. The van der Waals surface area contributed by atoms with Crippen LogP contribution in [0.15, 0.2) is 33.6 Å². The molecule has 1 atom stereocenters. The second kappa shape index (κ2) is 5.45. The Kier molecular flexibility index (Phi) is 4.16. The maximum atomic E-state index is 11.8. The zero-order valence-corrected chi connectivity index (χ0v) is 11.4. The van der Waals surface area contributed by atoms with Crippen LogP contribution in [0.3, 0.4) is 0 Å². The molecule has 1 aliphatic heterocycles. The zero-order valence-electron chi connectivity index (χ0n) is 9.02. The maximum Gasteiger partial charge on any atom is 0.262 e. The molecule has 0 aliphatic carbocycles. The molecule has 1 aromatic rings. The lowest BCUT2D eigenvalue weighted by Gasteiger charge is -2.11. The van der Waals surface area contributed by atoms with E-state index in [0.29, 0.717) is 6.54 Å². The van der Waals surface area contributed by atoms with Gasteiger partial charge < -0.3 is 5.32 Å². The van der Waals surface area contributed by atoms with Gasteiger partial charge in [-0.15, -0.1) is 0 Å². The summed E-state index contributed by atoms with van der Waals surface area (Å²) in [7, 11) is -3.59. The van der Waals surface area contributed by atoms with Crippen LogP contribution in [0.2, 0.25) is 0 Å². The van der Waals surface area contributed by atoms with Crippen LogP contribution >= 0.6 is 15.9 Å². The molecule has 1 fully saturated rings. The van der Waals surface area contributed by atoms with Gasteiger partial charge in [-0.2, -0.15) is 0 Å². The van der Waals surface area contributed by atoms with Gasteiger partial charge in [0.15, 0.2) is 0 Å². The molecule has 0 radical (unpaired) electrons. The summed E-state index contributed by atoms with van der Waals surface area (Å²) in [5.41, 5.74) is 0. The first-order chi connectivity index (χ1) is 8.08. The van der Waals surface area contributed by atoms with Crippen molar-refractivity contribution in [2.75, 3.05) is 13.1 Å². The molecule has 94 valence electrons. The van der Waals surface area contributed by atoms with Crippen molar-refractivity contribution >= 4 is 26.0 Å². The van der Waals surface area contributed by atoms with Crippen LogP contribution in [0.4, 0.5) is 0 Å². The van der Waals surface area contributed by atoms with E-state index in [-0.39, 0.29) is 11.0 Å². The van der Waals surface area contributed by atoms with Gasteiger partial charge in [-0.05, 0) is 37.2 Å². The van der Waals surface area contributed by atoms with Gasteiger partial charge in [0.1, 0.15) is 0 Å². The van der Waals surface area contributed by atoms with E-state index in [4.69, 9.17) is 4.84 Å². The lowest BCUT2D eigenvalue weighted by Crippen LogP contribution is -2.30. The van der Waals surface area contributed by atoms with Crippen LogP contribution in [-0.4, -0.2) is 27.6 Å². The molecule has 1 aliphatic rings. The number of halogens is 1. The summed E-state index contributed by atoms with van der Waals surface area (Å²) >= 11 is 3.25. The van der Waals surface area contributed by atoms with Gasteiger partial charge in [-0.3, -0.25) is 4.84 Å². The second-order valence-electron chi connectivity index (χ2n) is 3.77. The molecule has 0 aromatic heterocycles. The molecule has 0 saturated carbocycles. The van der Waals surface area contributed by atoms with E-state index in [9.17, 15) is 8.42 Å². The van der Waals surface area contributed by atoms with Gasteiger partial charge in [-0.1, -0.05) is 20.8 Å². The molecule has 1 unspecified atom stereocenters. The SMILES string of the molecule is O=S(=O)(NOC1CCNC1)c1ccc(Br)cc1. The third-order valence-electron chi connectivity index (χ3n) is 2.46. The predicted octanol–water partition coefficient (Wildman–Crippen LogP) is 1.02. The van der Waals surface area contributed by atoms with E-state index in [1.165, 1.54) is 12.1 Å². The van der Waals surface area contributed by atoms with E-state index >= 15 is 0 Å². The van der Waals surface area contributed by atoms with Crippen LogP contribution in [0.5, 0.6) is 0 Å². The molecule has 1 aromatic carbocycles. The van der Waals surface area contributed by atoms with Crippen LogP contribution in [0.25, 0.3) is 0 Å². The molecule has 2 N–H and O–H groups in total. The lowest BCUT2D eigenvalue weighted by atomic mass is 10.3. The highest BCUT2D eigenvalue weighted by Crippen LogP contribution is 2.14. The summed E-state index contributed by atoms with van der Waals surface area (Å²) in [5, 5.41) is 3.09. The summed E-state index contributed by atoms with van der Waals surface area (Å²) in [6.07, 6.45) is 0.711. The van der Waals surface area contributed by atoms with Gasteiger partial charge in [0.05, 0.1) is 11.0 Å². The molecular weight excluding hydrogens is 308 g/mol. The van der Waals surface area contributed by atoms with E-state index in [1.807, 2.05) is 0 Å². The first-order valence-electron chi connectivity index (χ1n) is 5.22. The van der Waals surface area contributed by atoms with Crippen LogP contribution in [-0.2, 0) is 14.9 Å². The molecule has 0 spiro atoms. The smallest absolute Gasteiger partial charge is 0.262 e. The Morgan fingerprint density at radius 1 is 1.35 bits per heavy atom. The topological polar surface area (TPSA) is 67.4 Å². The Balaban J connectivity index is 2.00. The monoisotopic (exact) mass is 320 g/mol. The van der Waals surface area contributed by atoms with E-state index in [2.05, 4.69) is 26.1 Å². The Hall–Kier alpha value is -0.470. The minimum Gasteiger partial charge on any atom is -0.314 e. The highest BCUT2D eigenvalue weighted by atomic mass is 79.9. The Labute approximate surface area is 109 Å². The quantitative estimate of drug-likeness (QED) is 0.813. The van der Waals surface area contributed by atoms with Crippen molar-refractivity contribution < 1.29 is 13.3 Å².